The van der Waals surface area contributed by atoms with Crippen molar-refractivity contribution in [1.82, 2.24) is 24.6 Å². The summed E-state index contributed by atoms with van der Waals surface area (Å²) < 4.78 is 34.8. The maximum atomic E-state index is 13.0. The Bertz CT molecular complexity index is 1720. The number of rotatable bonds is 7. The molecule has 6 rings (SSSR count). The summed E-state index contributed by atoms with van der Waals surface area (Å²) in [6.07, 6.45) is 4.96. The summed E-state index contributed by atoms with van der Waals surface area (Å²) in [5.41, 5.74) is 5.99. The highest BCUT2D eigenvalue weighted by Crippen LogP contribution is 2.46. The molecule has 2 aliphatic rings. The maximum absolute atomic E-state index is 13.0. The number of aryl methyl sites for hydroxylation is 2. The molecule has 1 fully saturated rings. The zero-order valence-corrected chi connectivity index (χ0v) is 26.0. The number of fused-ring (bicyclic) bond motifs is 2. The second kappa shape index (κ2) is 10.6. The Morgan fingerprint density at radius 2 is 1.88 bits per heavy atom. The SMILES string of the molecule is Cc1cc(Nc2nc(Nc3cn(C)nc3S(=O)(=O)C(C)C)c3sccc3n2)c2c(c1C1CCN(C)CC1)C[C@@H](C)O2. The highest BCUT2D eigenvalue weighted by molar-refractivity contribution is 7.92. The van der Waals surface area contributed by atoms with Gasteiger partial charge in [-0.25, -0.2) is 13.4 Å². The predicted molar refractivity (Wildman–Crippen MR) is 164 cm³/mol. The molecule has 1 atom stereocenters. The maximum Gasteiger partial charge on any atom is 0.229 e. The van der Waals surface area contributed by atoms with Crippen LogP contribution in [0.5, 0.6) is 5.75 Å². The second-order valence-corrected chi connectivity index (χ2v) is 14.9. The van der Waals surface area contributed by atoms with Crippen molar-refractivity contribution in [3.63, 3.8) is 0 Å². The van der Waals surface area contributed by atoms with Crippen molar-refractivity contribution in [2.75, 3.05) is 30.8 Å². The van der Waals surface area contributed by atoms with Gasteiger partial charge in [-0.1, -0.05) is 0 Å². The third-order valence-corrected chi connectivity index (χ3v) is 11.0. The number of nitrogens with zero attached hydrogens (tertiary/aromatic N) is 5. The molecule has 2 aliphatic heterocycles. The number of sulfone groups is 1. The van der Waals surface area contributed by atoms with Crippen LogP contribution in [0.1, 0.15) is 56.2 Å². The molecule has 0 saturated carbocycles. The van der Waals surface area contributed by atoms with Crippen LogP contribution >= 0.6 is 11.3 Å². The minimum absolute atomic E-state index is 0.00755. The Morgan fingerprint density at radius 3 is 2.61 bits per heavy atom. The number of likely N-dealkylation sites (tertiary alicyclic amines) is 1. The summed E-state index contributed by atoms with van der Waals surface area (Å²) in [6.45, 7) is 9.83. The number of nitrogens with one attached hydrogen (secondary N) is 2. The van der Waals surface area contributed by atoms with Crippen molar-refractivity contribution >= 4 is 54.5 Å². The lowest BCUT2D eigenvalue weighted by atomic mass is 9.82. The predicted octanol–water partition coefficient (Wildman–Crippen LogP) is 5.54. The lowest BCUT2D eigenvalue weighted by Gasteiger charge is -2.31. The lowest BCUT2D eigenvalue weighted by molar-refractivity contribution is 0.254. The summed E-state index contributed by atoms with van der Waals surface area (Å²) in [7, 11) is 0.290. The number of thiophene rings is 1. The van der Waals surface area contributed by atoms with Gasteiger partial charge in [-0.15, -0.1) is 11.3 Å². The van der Waals surface area contributed by atoms with Gasteiger partial charge in [-0.3, -0.25) is 4.68 Å². The number of hydrogen-bond donors (Lipinski definition) is 2. The van der Waals surface area contributed by atoms with Gasteiger partial charge in [0.15, 0.2) is 5.82 Å². The number of benzene rings is 1. The van der Waals surface area contributed by atoms with Crippen LogP contribution in [0, 0.1) is 6.92 Å². The molecule has 4 aromatic rings. The Balaban J connectivity index is 1.38. The Labute approximate surface area is 245 Å². The number of ether oxygens (including phenoxy) is 1. The summed E-state index contributed by atoms with van der Waals surface area (Å²) in [5.74, 6) is 2.35. The van der Waals surface area contributed by atoms with E-state index < -0.39 is 15.1 Å². The molecule has 5 heterocycles. The zero-order chi connectivity index (χ0) is 29.1. The third kappa shape index (κ3) is 5.17. The standard InChI is InChI=1S/C29H37N7O3S2/c1-16(2)41(37,38)28-23(15-36(6)34-28)30-27-26-21(9-12-40-26)31-29(33-27)32-22-13-17(3)24(19-7-10-35(5)11-8-19)20-14-18(4)39-25(20)22/h9,12-13,15-16,18-19H,7-8,10-11,14H2,1-6H3,(H2,30,31,32,33)/t18-/m1/s1. The van der Waals surface area contributed by atoms with E-state index in [4.69, 9.17) is 14.7 Å². The molecule has 3 aromatic heterocycles. The van der Waals surface area contributed by atoms with Gasteiger partial charge in [0.2, 0.25) is 20.8 Å². The minimum Gasteiger partial charge on any atom is -0.488 e. The summed E-state index contributed by atoms with van der Waals surface area (Å²) in [4.78, 5) is 12.0. The first-order valence-electron chi connectivity index (χ1n) is 14.1. The Hall–Kier alpha value is -3.22. The summed E-state index contributed by atoms with van der Waals surface area (Å²) in [5, 5.41) is 12.3. The molecule has 1 saturated heterocycles. The first-order valence-corrected chi connectivity index (χ1v) is 16.5. The van der Waals surface area contributed by atoms with Crippen molar-refractivity contribution in [3.05, 3.63) is 40.4 Å². The van der Waals surface area contributed by atoms with E-state index in [9.17, 15) is 8.42 Å². The first-order chi connectivity index (χ1) is 19.5. The highest BCUT2D eigenvalue weighted by Gasteiger charge is 2.32. The van der Waals surface area contributed by atoms with Crippen LogP contribution in [0.2, 0.25) is 0 Å². The normalized spacial score (nSPS) is 18.2. The summed E-state index contributed by atoms with van der Waals surface area (Å²) in [6, 6.07) is 4.09. The van der Waals surface area contributed by atoms with E-state index in [0.29, 0.717) is 23.4 Å². The molecular formula is C29H37N7O3S2. The largest absolute Gasteiger partial charge is 0.488 e. The molecule has 218 valence electrons. The molecule has 2 N–H and O–H groups in total. The average molecular weight is 596 g/mol. The molecule has 41 heavy (non-hydrogen) atoms. The van der Waals surface area contributed by atoms with E-state index in [0.717, 1.165) is 54.0 Å². The van der Waals surface area contributed by atoms with Gasteiger partial charge in [-0.05, 0) is 95.2 Å². The van der Waals surface area contributed by atoms with Gasteiger partial charge in [0, 0.05) is 25.2 Å². The molecular weight excluding hydrogens is 558 g/mol. The van der Waals surface area contributed by atoms with Gasteiger partial charge in [-0.2, -0.15) is 10.1 Å². The molecule has 1 aromatic carbocycles. The fraction of sp³-hybridized carbons (Fsp3) is 0.483. The van der Waals surface area contributed by atoms with Gasteiger partial charge in [0.05, 0.1) is 26.8 Å². The first kappa shape index (κ1) is 27.9. The molecule has 0 bridgehead atoms. The summed E-state index contributed by atoms with van der Waals surface area (Å²) >= 11 is 1.50. The number of hydrogen-bond acceptors (Lipinski definition) is 10. The number of anilines is 4. The van der Waals surface area contributed by atoms with E-state index in [2.05, 4.69) is 47.6 Å². The molecule has 0 spiro atoms. The zero-order valence-electron chi connectivity index (χ0n) is 24.4. The quantitative estimate of drug-likeness (QED) is 0.284. The van der Waals surface area contributed by atoms with Gasteiger partial charge in [0.1, 0.15) is 11.9 Å². The van der Waals surface area contributed by atoms with Gasteiger partial charge < -0.3 is 20.3 Å². The lowest BCUT2D eigenvalue weighted by Crippen LogP contribution is -2.29. The van der Waals surface area contributed by atoms with E-state index in [1.54, 1.807) is 27.1 Å². The van der Waals surface area contributed by atoms with Gasteiger partial charge in [0.25, 0.3) is 0 Å². The van der Waals surface area contributed by atoms with Gasteiger partial charge >= 0.3 is 0 Å². The minimum atomic E-state index is -3.61. The van der Waals surface area contributed by atoms with E-state index >= 15 is 0 Å². The van der Waals surface area contributed by atoms with E-state index in [1.807, 2.05) is 11.4 Å². The highest BCUT2D eigenvalue weighted by atomic mass is 32.2. The van der Waals surface area contributed by atoms with Crippen LogP contribution in [0.15, 0.2) is 28.7 Å². The van der Waals surface area contributed by atoms with E-state index in [1.165, 1.54) is 32.7 Å². The van der Waals surface area contributed by atoms with Crippen LogP contribution in [-0.2, 0) is 23.3 Å². The molecule has 0 aliphatic carbocycles. The molecule has 10 nitrogen and oxygen atoms in total. The number of aromatic nitrogens is 4. The van der Waals surface area contributed by atoms with Crippen LogP contribution in [0.3, 0.4) is 0 Å². The molecule has 0 radical (unpaired) electrons. The van der Waals surface area contributed by atoms with E-state index in [-0.39, 0.29) is 11.1 Å². The van der Waals surface area contributed by atoms with Crippen LogP contribution < -0.4 is 15.4 Å². The smallest absolute Gasteiger partial charge is 0.229 e. The number of piperidine rings is 1. The molecule has 0 unspecified atom stereocenters. The fourth-order valence-electron chi connectivity index (χ4n) is 5.95. The monoisotopic (exact) mass is 595 g/mol. The molecule has 0 amide bonds. The van der Waals surface area contributed by atoms with Crippen LogP contribution in [-0.4, -0.2) is 64.6 Å². The van der Waals surface area contributed by atoms with Crippen molar-refractivity contribution in [2.45, 2.75) is 69.3 Å². The van der Waals surface area contributed by atoms with Crippen molar-refractivity contribution in [2.24, 2.45) is 7.05 Å². The topological polar surface area (TPSA) is 114 Å². The average Bonchev–Trinajstić information content (AvgIpc) is 3.63. The van der Waals surface area contributed by atoms with Crippen LogP contribution in [0.25, 0.3) is 10.2 Å². The Kier molecular flexibility index (Phi) is 7.19. The fourth-order valence-corrected chi connectivity index (χ4v) is 7.82. The van der Waals surface area contributed by atoms with Crippen molar-refractivity contribution in [3.8, 4) is 5.75 Å². The third-order valence-electron chi connectivity index (χ3n) is 8.06. The van der Waals surface area contributed by atoms with Crippen LogP contribution in [0.4, 0.5) is 23.1 Å². The van der Waals surface area contributed by atoms with Crippen molar-refractivity contribution in [1.29, 1.82) is 0 Å². The Morgan fingerprint density at radius 1 is 1.12 bits per heavy atom. The second-order valence-electron chi connectivity index (χ2n) is 11.6. The molecule has 12 heteroatoms. The van der Waals surface area contributed by atoms with Crippen molar-refractivity contribution < 1.29 is 13.2 Å².